The summed E-state index contributed by atoms with van der Waals surface area (Å²) in [4.78, 5) is 4.77. The van der Waals surface area contributed by atoms with Crippen LogP contribution < -0.4 is 0 Å². The van der Waals surface area contributed by atoms with E-state index in [0.29, 0.717) is 6.04 Å². The first-order valence-corrected chi connectivity index (χ1v) is 9.76. The molecule has 1 fully saturated rings. The molecule has 1 aromatic carbocycles. The van der Waals surface area contributed by atoms with E-state index in [1.165, 1.54) is 24.0 Å². The molecule has 0 amide bonds. The van der Waals surface area contributed by atoms with Crippen molar-refractivity contribution in [1.82, 2.24) is 19.7 Å². The van der Waals surface area contributed by atoms with Gasteiger partial charge in [-0.15, -0.1) is 21.5 Å². The van der Waals surface area contributed by atoms with Crippen LogP contribution in [-0.2, 0) is 12.2 Å². The number of hydrogen-bond donors (Lipinski definition) is 0. The minimum Gasteiger partial charge on any atom is -0.306 e. The van der Waals surface area contributed by atoms with Crippen LogP contribution in [0, 0.1) is 0 Å². The molecule has 0 spiro atoms. The molecule has 2 aromatic heterocycles. The lowest BCUT2D eigenvalue weighted by atomic mass is 10.1. The van der Waals surface area contributed by atoms with E-state index in [2.05, 4.69) is 51.3 Å². The molecular weight excluding hydrogens is 324 g/mol. The quantitative estimate of drug-likeness (QED) is 0.615. The average molecular weight is 342 g/mol. The molecule has 118 valence electrons. The Balaban J connectivity index is 1.44. The molecule has 6 heteroatoms. The Bertz CT molecular complexity index is 787. The van der Waals surface area contributed by atoms with Gasteiger partial charge in [-0.2, -0.15) is 0 Å². The number of thioether (sulfide) groups is 1. The van der Waals surface area contributed by atoms with Gasteiger partial charge in [-0.25, -0.2) is 4.98 Å². The number of rotatable bonds is 6. The van der Waals surface area contributed by atoms with E-state index in [4.69, 9.17) is 4.98 Å². The Morgan fingerprint density at radius 2 is 2.09 bits per heavy atom. The van der Waals surface area contributed by atoms with Gasteiger partial charge < -0.3 is 4.57 Å². The van der Waals surface area contributed by atoms with Gasteiger partial charge in [-0.1, -0.05) is 43.0 Å². The lowest BCUT2D eigenvalue weighted by Crippen LogP contribution is -1.94. The molecule has 0 bridgehead atoms. The summed E-state index contributed by atoms with van der Waals surface area (Å²) < 4.78 is 2.20. The first-order chi connectivity index (χ1) is 11.3. The van der Waals surface area contributed by atoms with Crippen molar-refractivity contribution < 1.29 is 0 Å². The summed E-state index contributed by atoms with van der Waals surface area (Å²) in [5.41, 5.74) is 3.67. The Hall–Kier alpha value is -1.66. The fraction of sp³-hybridized carbons (Fsp3) is 0.353. The van der Waals surface area contributed by atoms with Crippen LogP contribution in [0.2, 0.25) is 0 Å². The van der Waals surface area contributed by atoms with Crippen molar-refractivity contribution in [3.8, 4) is 10.6 Å². The molecule has 0 aliphatic heterocycles. The van der Waals surface area contributed by atoms with E-state index in [1.54, 1.807) is 23.1 Å². The maximum atomic E-state index is 4.77. The Morgan fingerprint density at radius 3 is 2.83 bits per heavy atom. The van der Waals surface area contributed by atoms with Gasteiger partial charge in [0.15, 0.2) is 5.16 Å². The van der Waals surface area contributed by atoms with Crippen molar-refractivity contribution in [3.05, 3.63) is 47.2 Å². The highest BCUT2D eigenvalue weighted by atomic mass is 32.2. The molecule has 23 heavy (non-hydrogen) atoms. The summed E-state index contributed by atoms with van der Waals surface area (Å²) in [7, 11) is 0. The number of aryl methyl sites for hydroxylation is 1. The number of nitrogens with zero attached hydrogens (tertiary/aromatic N) is 4. The van der Waals surface area contributed by atoms with Crippen molar-refractivity contribution in [2.75, 3.05) is 0 Å². The van der Waals surface area contributed by atoms with E-state index >= 15 is 0 Å². The minimum atomic E-state index is 0.621. The largest absolute Gasteiger partial charge is 0.306 e. The zero-order valence-corrected chi connectivity index (χ0v) is 14.6. The second-order valence-electron chi connectivity index (χ2n) is 5.74. The molecule has 1 saturated carbocycles. The van der Waals surface area contributed by atoms with Crippen molar-refractivity contribution >= 4 is 23.1 Å². The first-order valence-electron chi connectivity index (χ1n) is 7.89. The smallest absolute Gasteiger partial charge is 0.191 e. The van der Waals surface area contributed by atoms with Crippen LogP contribution in [0.5, 0.6) is 0 Å². The third-order valence-electron chi connectivity index (χ3n) is 3.99. The summed E-state index contributed by atoms with van der Waals surface area (Å²) in [5.74, 6) is 0.842. The molecule has 2 heterocycles. The van der Waals surface area contributed by atoms with Crippen LogP contribution in [0.15, 0.2) is 41.1 Å². The third kappa shape index (κ3) is 3.33. The van der Waals surface area contributed by atoms with Crippen molar-refractivity contribution in [2.24, 2.45) is 0 Å². The van der Waals surface area contributed by atoms with E-state index in [0.717, 1.165) is 28.0 Å². The Morgan fingerprint density at radius 1 is 1.26 bits per heavy atom. The van der Waals surface area contributed by atoms with Crippen LogP contribution in [0.25, 0.3) is 10.6 Å². The molecule has 0 N–H and O–H groups in total. The SMILES string of the molecule is CCc1ccc(-c2nc(CSc3nncn3C3CC3)cs2)cc1. The van der Waals surface area contributed by atoms with Gasteiger partial charge in [0.1, 0.15) is 11.3 Å². The molecule has 0 unspecified atom stereocenters. The molecule has 1 aliphatic rings. The molecule has 3 aromatic rings. The Labute approximate surface area is 144 Å². The number of aromatic nitrogens is 4. The fourth-order valence-electron chi connectivity index (χ4n) is 2.47. The molecule has 4 nitrogen and oxygen atoms in total. The lowest BCUT2D eigenvalue weighted by Gasteiger charge is -2.02. The second-order valence-corrected chi connectivity index (χ2v) is 7.54. The predicted molar refractivity (Wildman–Crippen MR) is 94.8 cm³/mol. The van der Waals surface area contributed by atoms with E-state index in [9.17, 15) is 0 Å². The van der Waals surface area contributed by atoms with Gasteiger partial charge in [-0.3, -0.25) is 0 Å². The zero-order chi connectivity index (χ0) is 15.6. The summed E-state index contributed by atoms with van der Waals surface area (Å²) in [6, 6.07) is 9.32. The average Bonchev–Trinajstić information content (AvgIpc) is 3.14. The predicted octanol–water partition coefficient (Wildman–Crippen LogP) is 4.59. The maximum absolute atomic E-state index is 4.77. The maximum Gasteiger partial charge on any atom is 0.191 e. The first kappa shape index (κ1) is 14.9. The van der Waals surface area contributed by atoms with E-state index in [-0.39, 0.29) is 0 Å². The zero-order valence-electron chi connectivity index (χ0n) is 13.0. The van der Waals surface area contributed by atoms with Crippen LogP contribution in [0.1, 0.15) is 37.1 Å². The van der Waals surface area contributed by atoms with Gasteiger partial charge in [0.2, 0.25) is 0 Å². The van der Waals surface area contributed by atoms with Gasteiger partial charge >= 0.3 is 0 Å². The summed E-state index contributed by atoms with van der Waals surface area (Å²) in [6.07, 6.45) is 5.42. The second kappa shape index (κ2) is 6.45. The molecule has 0 saturated heterocycles. The number of hydrogen-bond acceptors (Lipinski definition) is 5. The molecular formula is C17H18N4S2. The van der Waals surface area contributed by atoms with Crippen molar-refractivity contribution in [3.63, 3.8) is 0 Å². The van der Waals surface area contributed by atoms with Crippen LogP contribution >= 0.6 is 23.1 Å². The van der Waals surface area contributed by atoms with Gasteiger partial charge in [0, 0.05) is 22.7 Å². The molecule has 0 atom stereocenters. The Kier molecular flexibility index (Phi) is 4.18. The van der Waals surface area contributed by atoms with Crippen molar-refractivity contribution in [2.45, 2.75) is 43.1 Å². The monoisotopic (exact) mass is 342 g/mol. The van der Waals surface area contributed by atoms with Crippen molar-refractivity contribution in [1.29, 1.82) is 0 Å². The molecule has 0 radical (unpaired) electrons. The minimum absolute atomic E-state index is 0.621. The standard InChI is InChI=1S/C17H18N4S2/c1-2-12-3-5-13(6-4-12)16-19-14(9-22-16)10-23-17-20-18-11-21(17)15-7-8-15/h3-6,9,11,15H,2,7-8,10H2,1H3. The summed E-state index contributed by atoms with van der Waals surface area (Å²) in [5, 5.41) is 12.5. The normalized spacial score (nSPS) is 14.3. The molecule has 4 rings (SSSR count). The number of thiazole rings is 1. The van der Waals surface area contributed by atoms with Gasteiger partial charge in [0.25, 0.3) is 0 Å². The van der Waals surface area contributed by atoms with Crippen LogP contribution in [-0.4, -0.2) is 19.7 Å². The topological polar surface area (TPSA) is 43.6 Å². The van der Waals surface area contributed by atoms with Crippen LogP contribution in [0.3, 0.4) is 0 Å². The van der Waals surface area contributed by atoms with E-state index in [1.807, 2.05) is 6.33 Å². The highest BCUT2D eigenvalue weighted by molar-refractivity contribution is 7.98. The van der Waals surface area contributed by atoms with Gasteiger partial charge in [-0.05, 0) is 24.8 Å². The molecule has 1 aliphatic carbocycles. The van der Waals surface area contributed by atoms with E-state index < -0.39 is 0 Å². The third-order valence-corrected chi connectivity index (χ3v) is 5.92. The van der Waals surface area contributed by atoms with Crippen LogP contribution in [0.4, 0.5) is 0 Å². The number of benzene rings is 1. The fourth-order valence-corrected chi connectivity index (χ4v) is 4.27. The highest BCUT2D eigenvalue weighted by Gasteiger charge is 2.26. The van der Waals surface area contributed by atoms with Gasteiger partial charge in [0.05, 0.1) is 5.69 Å². The lowest BCUT2D eigenvalue weighted by molar-refractivity contribution is 0.663. The summed E-state index contributed by atoms with van der Waals surface area (Å²) >= 11 is 3.43. The summed E-state index contributed by atoms with van der Waals surface area (Å²) in [6.45, 7) is 2.17. The highest BCUT2D eigenvalue weighted by Crippen LogP contribution is 2.38.